The average Bonchev–Trinajstić information content (AvgIpc) is 2.30. The summed E-state index contributed by atoms with van der Waals surface area (Å²) in [5.74, 6) is 0. The predicted molar refractivity (Wildman–Crippen MR) is 62.5 cm³/mol. The monoisotopic (exact) mass is 207 g/mol. The summed E-state index contributed by atoms with van der Waals surface area (Å²) >= 11 is 0. The van der Waals surface area contributed by atoms with Gasteiger partial charge in [-0.15, -0.1) is 0 Å². The largest absolute Gasteiger partial charge is 0.264 e. The molecule has 0 saturated heterocycles. The highest BCUT2D eigenvalue weighted by Crippen LogP contribution is 2.25. The van der Waals surface area contributed by atoms with Gasteiger partial charge in [-0.05, 0) is 39.9 Å². The van der Waals surface area contributed by atoms with Gasteiger partial charge in [0.1, 0.15) is 0 Å². The van der Waals surface area contributed by atoms with E-state index in [-0.39, 0.29) is 0 Å². The zero-order chi connectivity index (χ0) is 10.3. The van der Waals surface area contributed by atoms with E-state index in [9.17, 15) is 0 Å². The smallest absolute Gasteiger partial charge is 0.0420 e. The molecule has 0 saturated carbocycles. The molecule has 15 heavy (non-hydrogen) atoms. The third-order valence-corrected chi connectivity index (χ3v) is 3.39. The molecular weight excluding hydrogens is 198 g/mol. The van der Waals surface area contributed by atoms with Crippen LogP contribution in [-0.4, -0.2) is 20.0 Å². The van der Waals surface area contributed by atoms with Gasteiger partial charge in [-0.1, -0.05) is 24.3 Å². The summed E-state index contributed by atoms with van der Waals surface area (Å²) in [5, 5.41) is 1.15. The van der Waals surface area contributed by atoms with Crippen molar-refractivity contribution in [3.8, 4) is 0 Å². The number of benzene rings is 1. The minimum Gasteiger partial charge on any atom is -0.264 e. The lowest BCUT2D eigenvalue weighted by Gasteiger charge is -2.20. The van der Waals surface area contributed by atoms with Crippen LogP contribution in [0.4, 0.5) is 0 Å². The van der Waals surface area contributed by atoms with E-state index in [2.05, 4.69) is 45.2 Å². The van der Waals surface area contributed by atoms with Crippen molar-refractivity contribution in [1.82, 2.24) is 4.98 Å². The number of hydrogen-bond donors (Lipinski definition) is 0. The third kappa shape index (κ3) is 1.29. The number of rotatable bonds is 0. The minimum absolute atomic E-state index is 1.00. The van der Waals surface area contributed by atoms with Crippen molar-refractivity contribution in [3.63, 3.8) is 0 Å². The van der Waals surface area contributed by atoms with E-state index >= 15 is 0 Å². The second-order valence-electron chi connectivity index (χ2n) is 3.74. The number of hydrogen-bond acceptors (Lipinski definition) is 1. The fourth-order valence-electron chi connectivity index (χ4n) is 2.07. The molecule has 1 aromatic heterocycles. The molecule has 0 aliphatic heterocycles. The molecule has 70 valence electrons. The Morgan fingerprint density at radius 1 is 1.00 bits per heavy atom. The summed E-state index contributed by atoms with van der Waals surface area (Å²) in [7, 11) is 3.72. The molecule has 0 unspecified atom stereocenters. The van der Waals surface area contributed by atoms with E-state index in [1.807, 2.05) is 12.4 Å². The highest BCUT2D eigenvalue weighted by molar-refractivity contribution is 6.50. The van der Waals surface area contributed by atoms with E-state index in [1.165, 1.54) is 22.3 Å². The molecule has 0 atom stereocenters. The number of pyridine rings is 1. The molecule has 3 rings (SSSR count). The van der Waals surface area contributed by atoms with E-state index in [0.717, 1.165) is 11.6 Å². The van der Waals surface area contributed by atoms with Crippen LogP contribution in [-0.2, 0) is 6.42 Å². The minimum atomic E-state index is 1.00. The van der Waals surface area contributed by atoms with Crippen molar-refractivity contribution < 1.29 is 0 Å². The number of nitrogens with zero attached hydrogens (tertiary/aromatic N) is 1. The van der Waals surface area contributed by atoms with Crippen LogP contribution in [0.3, 0.4) is 0 Å². The van der Waals surface area contributed by atoms with Gasteiger partial charge in [-0.3, -0.25) is 4.98 Å². The van der Waals surface area contributed by atoms with Crippen molar-refractivity contribution >= 4 is 15.0 Å². The van der Waals surface area contributed by atoms with Crippen LogP contribution in [0.2, 0.25) is 0 Å². The molecular formula is C13H9NSi. The van der Waals surface area contributed by atoms with Gasteiger partial charge in [0.05, 0.1) is 0 Å². The zero-order valence-corrected chi connectivity index (χ0v) is 9.20. The maximum Gasteiger partial charge on any atom is 0.0420 e. The summed E-state index contributed by atoms with van der Waals surface area (Å²) in [6.07, 6.45) is 4.78. The topological polar surface area (TPSA) is 12.9 Å². The second kappa shape index (κ2) is 3.24. The maximum atomic E-state index is 4.17. The maximum absolute atomic E-state index is 4.17. The summed E-state index contributed by atoms with van der Waals surface area (Å²) in [4.78, 5) is 4.17. The van der Waals surface area contributed by atoms with Gasteiger partial charge in [-0.2, -0.15) is 0 Å². The summed E-state index contributed by atoms with van der Waals surface area (Å²) in [6, 6.07) is 10.6. The molecule has 1 aromatic carbocycles. The van der Waals surface area contributed by atoms with Crippen molar-refractivity contribution in [2.45, 2.75) is 6.42 Å². The van der Waals surface area contributed by atoms with Gasteiger partial charge < -0.3 is 0 Å². The van der Waals surface area contributed by atoms with Crippen LogP contribution >= 0.6 is 0 Å². The van der Waals surface area contributed by atoms with Gasteiger partial charge in [0.15, 0.2) is 0 Å². The second-order valence-corrected chi connectivity index (χ2v) is 4.24. The molecule has 2 heteroatoms. The first-order chi connectivity index (χ1) is 7.36. The molecule has 0 N–H and O–H groups in total. The first kappa shape index (κ1) is 8.74. The van der Waals surface area contributed by atoms with E-state index in [4.69, 9.17) is 0 Å². The summed E-state index contributed by atoms with van der Waals surface area (Å²) in [5.41, 5.74) is 5.22. The Hall–Kier alpha value is -1.54. The van der Waals surface area contributed by atoms with Crippen molar-refractivity contribution in [2.75, 3.05) is 0 Å². The molecule has 0 amide bonds. The van der Waals surface area contributed by atoms with Gasteiger partial charge in [0.25, 0.3) is 0 Å². The first-order valence-corrected chi connectivity index (χ1v) is 5.46. The Morgan fingerprint density at radius 3 is 2.73 bits per heavy atom. The molecule has 1 aliphatic carbocycles. The molecule has 0 bridgehead atoms. The lowest BCUT2D eigenvalue weighted by molar-refractivity contribution is 1.13. The zero-order valence-electron chi connectivity index (χ0n) is 8.20. The van der Waals surface area contributed by atoms with E-state index in [0.29, 0.717) is 0 Å². The van der Waals surface area contributed by atoms with E-state index in [1.54, 1.807) is 0 Å². The standard InChI is InChI=1S/C13H9NSi/c15-13-11-4-2-1-3-9(11)7-10-5-6-14-8-12(10)13/h1-6,8H,7H2. The van der Waals surface area contributed by atoms with Crippen LogP contribution < -0.4 is 0 Å². The van der Waals surface area contributed by atoms with Crippen molar-refractivity contribution in [1.29, 1.82) is 0 Å². The van der Waals surface area contributed by atoms with Crippen LogP contribution in [0.5, 0.6) is 0 Å². The van der Waals surface area contributed by atoms with Gasteiger partial charge in [0, 0.05) is 22.2 Å². The first-order valence-electron chi connectivity index (χ1n) is 4.96. The number of fused-ring (bicyclic) bond motifs is 2. The Balaban J connectivity index is 2.24. The highest BCUT2D eigenvalue weighted by atomic mass is 28.1. The normalized spacial score (nSPS) is 13.2. The Morgan fingerprint density at radius 2 is 1.80 bits per heavy atom. The van der Waals surface area contributed by atoms with Crippen LogP contribution in [0.15, 0.2) is 42.7 Å². The van der Waals surface area contributed by atoms with Crippen molar-refractivity contribution in [3.05, 3.63) is 65.0 Å². The molecule has 0 spiro atoms. The Kier molecular flexibility index (Phi) is 1.89. The lowest BCUT2D eigenvalue weighted by atomic mass is 9.87. The van der Waals surface area contributed by atoms with Gasteiger partial charge in [-0.25, -0.2) is 0 Å². The van der Waals surface area contributed by atoms with Gasteiger partial charge in [0.2, 0.25) is 0 Å². The van der Waals surface area contributed by atoms with Gasteiger partial charge >= 0.3 is 0 Å². The quantitative estimate of drug-likeness (QED) is 0.512. The molecule has 1 aliphatic rings. The SMILES string of the molecule is [Si]=C1c2ccccc2Cc2ccncc21. The molecule has 2 radical (unpaired) electrons. The lowest BCUT2D eigenvalue weighted by Crippen LogP contribution is -2.16. The third-order valence-electron chi connectivity index (χ3n) is 2.85. The molecule has 2 aromatic rings. The summed E-state index contributed by atoms with van der Waals surface area (Å²) < 4.78 is 0. The van der Waals surface area contributed by atoms with Crippen LogP contribution in [0.25, 0.3) is 0 Å². The molecule has 1 heterocycles. The van der Waals surface area contributed by atoms with E-state index < -0.39 is 0 Å². The Bertz CT molecular complexity index is 498. The van der Waals surface area contributed by atoms with Crippen LogP contribution in [0.1, 0.15) is 22.3 Å². The average molecular weight is 207 g/mol. The highest BCUT2D eigenvalue weighted by Gasteiger charge is 2.17. The predicted octanol–water partition coefficient (Wildman–Crippen LogP) is 1.72. The summed E-state index contributed by atoms with van der Waals surface area (Å²) in [6.45, 7) is 0. The molecule has 1 nitrogen and oxygen atoms in total. The van der Waals surface area contributed by atoms with Crippen molar-refractivity contribution in [2.24, 2.45) is 0 Å². The fourth-order valence-corrected chi connectivity index (χ4v) is 2.54. The fraction of sp³-hybridized carbons (Fsp3) is 0.0769. The van der Waals surface area contributed by atoms with Crippen LogP contribution in [0, 0.1) is 0 Å². The number of aromatic nitrogens is 1. The Labute approximate surface area is 91.8 Å². The molecule has 0 fully saturated rings.